The molecule has 1 rings (SSSR count). The summed E-state index contributed by atoms with van der Waals surface area (Å²) in [5.74, 6) is -0.478. The molecular formula is C19H29N3O2. The first-order valence-electron chi connectivity index (χ1n) is 8.45. The van der Waals surface area contributed by atoms with Gasteiger partial charge in [0.05, 0.1) is 0 Å². The van der Waals surface area contributed by atoms with Gasteiger partial charge in [-0.25, -0.2) is 0 Å². The Morgan fingerprint density at radius 1 is 1.04 bits per heavy atom. The number of ketones is 1. The molecule has 0 aliphatic carbocycles. The largest absolute Gasteiger partial charge is 0.401 e. The number of rotatable bonds is 9. The van der Waals surface area contributed by atoms with Gasteiger partial charge in [-0.3, -0.25) is 9.59 Å². The van der Waals surface area contributed by atoms with Gasteiger partial charge in [0.2, 0.25) is 0 Å². The zero-order valence-electron chi connectivity index (χ0n) is 15.2. The number of amides is 1. The van der Waals surface area contributed by atoms with Crippen LogP contribution in [0, 0.1) is 0 Å². The Morgan fingerprint density at radius 2 is 1.67 bits per heavy atom. The minimum Gasteiger partial charge on any atom is -0.401 e. The van der Waals surface area contributed by atoms with Gasteiger partial charge in [0.15, 0.2) is 5.78 Å². The lowest BCUT2D eigenvalue weighted by Crippen LogP contribution is -2.40. The quantitative estimate of drug-likeness (QED) is 0.429. The van der Waals surface area contributed by atoms with Crippen LogP contribution in [0.4, 0.5) is 5.69 Å². The molecular weight excluding hydrogens is 302 g/mol. The number of allylic oxidation sites excluding steroid dienone is 1. The molecule has 0 spiro atoms. The van der Waals surface area contributed by atoms with Crippen LogP contribution in [0.1, 0.15) is 33.1 Å². The average Bonchev–Trinajstić information content (AvgIpc) is 2.56. The van der Waals surface area contributed by atoms with Crippen molar-refractivity contribution < 1.29 is 9.59 Å². The van der Waals surface area contributed by atoms with E-state index in [1.54, 1.807) is 4.90 Å². The normalized spacial score (nSPS) is 12.0. The van der Waals surface area contributed by atoms with Crippen LogP contribution < -0.4 is 10.6 Å². The van der Waals surface area contributed by atoms with E-state index in [2.05, 4.69) is 0 Å². The Kier molecular flexibility index (Phi) is 8.19. The van der Waals surface area contributed by atoms with Crippen molar-refractivity contribution in [2.45, 2.75) is 33.1 Å². The van der Waals surface area contributed by atoms with Gasteiger partial charge >= 0.3 is 0 Å². The average molecular weight is 331 g/mol. The van der Waals surface area contributed by atoms with E-state index < -0.39 is 0 Å². The van der Waals surface area contributed by atoms with Crippen molar-refractivity contribution in [1.82, 2.24) is 4.90 Å². The smallest absolute Gasteiger partial charge is 0.263 e. The number of anilines is 1. The molecule has 0 aromatic heterocycles. The van der Waals surface area contributed by atoms with Gasteiger partial charge in [-0.2, -0.15) is 0 Å². The Labute approximate surface area is 145 Å². The fourth-order valence-corrected chi connectivity index (χ4v) is 2.36. The number of likely N-dealkylation sites (N-methyl/N-ethyl adjacent to an activating group) is 1. The highest BCUT2D eigenvalue weighted by molar-refractivity contribution is 6.24. The number of nitrogens with zero attached hydrogens (tertiary/aromatic N) is 2. The minimum atomic E-state index is -0.305. The molecule has 5 heteroatoms. The number of benzene rings is 1. The lowest BCUT2D eigenvalue weighted by molar-refractivity contribution is -0.121. The van der Waals surface area contributed by atoms with Gasteiger partial charge in [0.1, 0.15) is 5.57 Å². The van der Waals surface area contributed by atoms with Crippen molar-refractivity contribution in [3.63, 3.8) is 0 Å². The summed E-state index contributed by atoms with van der Waals surface area (Å²) in [6.07, 6.45) is 1.50. The molecule has 1 aromatic rings. The molecule has 0 atom stereocenters. The molecule has 0 saturated heterocycles. The van der Waals surface area contributed by atoms with Crippen molar-refractivity contribution in [3.8, 4) is 0 Å². The second-order valence-corrected chi connectivity index (χ2v) is 6.02. The molecule has 24 heavy (non-hydrogen) atoms. The minimum absolute atomic E-state index is 0.141. The van der Waals surface area contributed by atoms with Gasteiger partial charge in [0, 0.05) is 30.9 Å². The Hall–Kier alpha value is -2.14. The first kappa shape index (κ1) is 19.9. The Balaban J connectivity index is 3.23. The van der Waals surface area contributed by atoms with Crippen molar-refractivity contribution >= 4 is 17.4 Å². The molecule has 5 nitrogen and oxygen atoms in total. The maximum Gasteiger partial charge on any atom is 0.263 e. The Bertz CT molecular complexity index is 580. The van der Waals surface area contributed by atoms with Gasteiger partial charge in [-0.05, 0) is 39.1 Å². The number of hydrogen-bond donors (Lipinski definition) is 1. The monoisotopic (exact) mass is 331 g/mol. The standard InChI is InChI=1S/C19H29N3O2/c1-5-10-17(23)18(16(20)6-2)19(24)22(14-13-21(3)4)15-11-8-7-9-12-15/h7-9,11-12H,5-6,10,13-14,20H2,1-4H3. The van der Waals surface area contributed by atoms with E-state index in [9.17, 15) is 9.59 Å². The van der Waals surface area contributed by atoms with Crippen molar-refractivity contribution in [3.05, 3.63) is 41.6 Å². The predicted molar refractivity (Wildman–Crippen MR) is 98.8 cm³/mol. The summed E-state index contributed by atoms with van der Waals surface area (Å²) in [5.41, 5.74) is 7.30. The molecule has 132 valence electrons. The second kappa shape index (κ2) is 9.88. The van der Waals surface area contributed by atoms with Crippen LogP contribution >= 0.6 is 0 Å². The molecule has 0 aliphatic rings. The molecule has 0 saturated carbocycles. The predicted octanol–water partition coefficient (Wildman–Crippen LogP) is 2.57. The zero-order valence-corrected chi connectivity index (χ0v) is 15.2. The van der Waals surface area contributed by atoms with Gasteiger partial charge in [0.25, 0.3) is 5.91 Å². The van der Waals surface area contributed by atoms with Crippen molar-refractivity contribution in [2.75, 3.05) is 32.1 Å². The van der Waals surface area contributed by atoms with Crippen LogP contribution in [0.3, 0.4) is 0 Å². The van der Waals surface area contributed by atoms with Gasteiger partial charge in [-0.15, -0.1) is 0 Å². The zero-order chi connectivity index (χ0) is 18.1. The first-order valence-corrected chi connectivity index (χ1v) is 8.45. The van der Waals surface area contributed by atoms with Crippen LogP contribution in [0.5, 0.6) is 0 Å². The summed E-state index contributed by atoms with van der Waals surface area (Å²) < 4.78 is 0. The summed E-state index contributed by atoms with van der Waals surface area (Å²) in [7, 11) is 3.90. The van der Waals surface area contributed by atoms with Crippen LogP contribution in [0.2, 0.25) is 0 Å². The number of carbonyl (C=O) groups is 2. The van der Waals surface area contributed by atoms with E-state index in [4.69, 9.17) is 5.73 Å². The lowest BCUT2D eigenvalue weighted by Gasteiger charge is -2.26. The van der Waals surface area contributed by atoms with E-state index >= 15 is 0 Å². The SMILES string of the molecule is CCCC(=O)C(C(=O)N(CCN(C)C)c1ccccc1)=C(N)CC. The number of carbonyl (C=O) groups excluding carboxylic acids is 2. The third-order valence-electron chi connectivity index (χ3n) is 3.76. The molecule has 1 amide bonds. The van der Waals surface area contributed by atoms with Crippen molar-refractivity contribution in [1.29, 1.82) is 0 Å². The summed E-state index contributed by atoms with van der Waals surface area (Å²) in [5, 5.41) is 0. The number of nitrogens with two attached hydrogens (primary N) is 1. The molecule has 0 radical (unpaired) electrons. The highest BCUT2D eigenvalue weighted by atomic mass is 16.2. The summed E-state index contributed by atoms with van der Waals surface area (Å²) in [6.45, 7) is 4.97. The molecule has 0 aliphatic heterocycles. The second-order valence-electron chi connectivity index (χ2n) is 6.02. The molecule has 0 bridgehead atoms. The number of para-hydroxylation sites is 1. The van der Waals surface area contributed by atoms with Crippen molar-refractivity contribution in [2.24, 2.45) is 5.73 Å². The molecule has 0 fully saturated rings. The van der Waals surface area contributed by atoms with Gasteiger partial charge in [-0.1, -0.05) is 32.0 Å². The topological polar surface area (TPSA) is 66.6 Å². The lowest BCUT2D eigenvalue weighted by atomic mass is 10.0. The molecule has 0 heterocycles. The molecule has 2 N–H and O–H groups in total. The highest BCUT2D eigenvalue weighted by Gasteiger charge is 2.26. The van der Waals surface area contributed by atoms with Crippen LogP contribution in [-0.2, 0) is 9.59 Å². The highest BCUT2D eigenvalue weighted by Crippen LogP contribution is 2.19. The third-order valence-corrected chi connectivity index (χ3v) is 3.76. The van der Waals surface area contributed by atoms with Gasteiger partial charge < -0.3 is 15.5 Å². The number of hydrogen-bond acceptors (Lipinski definition) is 4. The fourth-order valence-electron chi connectivity index (χ4n) is 2.36. The van der Waals surface area contributed by atoms with E-state index in [0.29, 0.717) is 38.0 Å². The molecule has 0 unspecified atom stereocenters. The fraction of sp³-hybridized carbons (Fsp3) is 0.474. The summed E-state index contributed by atoms with van der Waals surface area (Å²) >= 11 is 0. The Morgan fingerprint density at radius 3 is 2.17 bits per heavy atom. The van der Waals surface area contributed by atoms with E-state index in [1.165, 1.54) is 0 Å². The van der Waals surface area contributed by atoms with Crippen LogP contribution in [-0.4, -0.2) is 43.8 Å². The maximum absolute atomic E-state index is 13.1. The summed E-state index contributed by atoms with van der Waals surface area (Å²) in [4.78, 5) is 29.2. The third kappa shape index (κ3) is 5.49. The van der Waals surface area contributed by atoms with E-state index in [1.807, 2.05) is 63.2 Å². The number of Topliss-reactive ketones (excluding diaryl/α,β-unsaturated/α-hetero) is 1. The maximum atomic E-state index is 13.1. The summed E-state index contributed by atoms with van der Waals surface area (Å²) in [6, 6.07) is 9.41. The molecule has 1 aromatic carbocycles. The van der Waals surface area contributed by atoms with Crippen LogP contribution in [0.25, 0.3) is 0 Å². The van der Waals surface area contributed by atoms with E-state index in [0.717, 1.165) is 5.69 Å². The first-order chi connectivity index (χ1) is 11.4. The van der Waals surface area contributed by atoms with E-state index in [-0.39, 0.29) is 17.3 Å². The van der Waals surface area contributed by atoms with Crippen LogP contribution in [0.15, 0.2) is 41.6 Å².